The Kier molecular flexibility index (Phi) is 8.02. The molecule has 4 aromatic heterocycles. The second-order valence-electron chi connectivity index (χ2n) is 10.7. The van der Waals surface area contributed by atoms with E-state index in [-0.39, 0.29) is 17.0 Å². The van der Waals surface area contributed by atoms with Crippen molar-refractivity contribution in [3.8, 4) is 23.7 Å². The molecule has 4 heterocycles. The number of hydrogen-bond donors (Lipinski definition) is 0. The molecule has 0 bridgehead atoms. The van der Waals surface area contributed by atoms with Gasteiger partial charge in [-0.1, -0.05) is 13.8 Å². The molecule has 2 aliphatic carbocycles. The minimum Gasteiger partial charge on any atom is -0.294 e. The number of carbonyl (C=O) groups is 2. The summed E-state index contributed by atoms with van der Waals surface area (Å²) in [5.41, 5.74) is 6.64. The van der Waals surface area contributed by atoms with Crippen LogP contribution in [0.15, 0.2) is 35.0 Å². The maximum atomic E-state index is 12.1. The predicted octanol–water partition coefficient (Wildman–Crippen LogP) is 6.17. The third-order valence-corrected chi connectivity index (χ3v) is 8.24. The van der Waals surface area contributed by atoms with Gasteiger partial charge in [0.1, 0.15) is 11.4 Å². The smallest absolute Gasteiger partial charge is 0.167 e. The van der Waals surface area contributed by atoms with Crippen molar-refractivity contribution in [2.45, 2.75) is 59.8 Å². The Hall–Kier alpha value is -3.98. The largest absolute Gasteiger partial charge is 0.294 e. The standard InChI is InChI=1S/C17H16N2OS.C15H12N2OS/c1-11-10-21-16(18-11)7-5-12-4-6-13-14(19-12)8-17(2,3)9-15(13)20;1-10-9-19-15(16-10)8-6-11-5-7-12-13(17-11)3-2-4-14(12)18/h4,6,10H,8-9H2,1-3H3;5,7,9H,2-4H2,1H3. The fourth-order valence-electron chi connectivity index (χ4n) is 4.63. The van der Waals surface area contributed by atoms with Gasteiger partial charge >= 0.3 is 0 Å². The predicted molar refractivity (Wildman–Crippen MR) is 158 cm³/mol. The van der Waals surface area contributed by atoms with Crippen molar-refractivity contribution in [2.75, 3.05) is 0 Å². The van der Waals surface area contributed by atoms with E-state index >= 15 is 0 Å². The number of ketones is 2. The maximum Gasteiger partial charge on any atom is 0.167 e. The first-order chi connectivity index (χ1) is 19.1. The molecule has 0 radical (unpaired) electrons. The molecule has 0 aromatic carbocycles. The molecule has 200 valence electrons. The summed E-state index contributed by atoms with van der Waals surface area (Å²) < 4.78 is 0. The molecule has 0 amide bonds. The number of thiazole rings is 2. The third kappa shape index (κ3) is 6.77. The van der Waals surface area contributed by atoms with Crippen molar-refractivity contribution in [3.05, 3.63) is 90.3 Å². The van der Waals surface area contributed by atoms with Crippen LogP contribution < -0.4 is 0 Å². The molecule has 0 spiro atoms. The van der Waals surface area contributed by atoms with Gasteiger partial charge in [-0.05, 0) is 86.5 Å². The SMILES string of the molecule is Cc1csc(C#Cc2ccc3c(n2)CC(C)(C)CC3=O)n1.Cc1csc(C#Cc2ccc3c(n2)CCCC3=O)n1. The van der Waals surface area contributed by atoms with E-state index in [4.69, 9.17) is 0 Å². The number of fused-ring (bicyclic) bond motifs is 2. The maximum absolute atomic E-state index is 12.1. The summed E-state index contributed by atoms with van der Waals surface area (Å²) in [6, 6.07) is 7.34. The van der Waals surface area contributed by atoms with Gasteiger partial charge in [-0.2, -0.15) is 0 Å². The van der Waals surface area contributed by atoms with Crippen molar-refractivity contribution in [3.63, 3.8) is 0 Å². The average Bonchev–Trinajstić information content (AvgIpc) is 3.53. The molecule has 0 saturated heterocycles. The highest BCUT2D eigenvalue weighted by atomic mass is 32.1. The third-order valence-electron chi connectivity index (χ3n) is 6.48. The Morgan fingerprint density at radius 1 is 0.675 bits per heavy atom. The number of Topliss-reactive ketones (excluding diaryl/α,β-unsaturated/α-hetero) is 2. The molecule has 0 atom stereocenters. The number of aromatic nitrogens is 4. The van der Waals surface area contributed by atoms with E-state index in [0.29, 0.717) is 24.2 Å². The Balaban J connectivity index is 0.000000162. The summed E-state index contributed by atoms with van der Waals surface area (Å²) in [5, 5.41) is 5.55. The monoisotopic (exact) mass is 564 g/mol. The molecule has 0 saturated carbocycles. The fraction of sp³-hybridized carbons (Fsp3) is 0.312. The van der Waals surface area contributed by atoms with Crippen LogP contribution in [0, 0.1) is 42.9 Å². The van der Waals surface area contributed by atoms with Gasteiger partial charge in [0.25, 0.3) is 0 Å². The second-order valence-corrected chi connectivity index (χ2v) is 12.4. The lowest BCUT2D eigenvalue weighted by Crippen LogP contribution is -2.28. The summed E-state index contributed by atoms with van der Waals surface area (Å²) in [5.74, 6) is 12.5. The number of carbonyl (C=O) groups excluding carboxylic acids is 2. The van der Waals surface area contributed by atoms with E-state index in [0.717, 1.165) is 63.2 Å². The molecule has 6 rings (SSSR count). The summed E-state index contributed by atoms with van der Waals surface area (Å²) in [7, 11) is 0. The summed E-state index contributed by atoms with van der Waals surface area (Å²) in [6.45, 7) is 8.11. The van der Waals surface area contributed by atoms with Crippen LogP contribution >= 0.6 is 22.7 Å². The van der Waals surface area contributed by atoms with Crippen molar-refractivity contribution >= 4 is 34.2 Å². The van der Waals surface area contributed by atoms with Gasteiger partial charge in [0.05, 0.1) is 11.4 Å². The van der Waals surface area contributed by atoms with Crippen LogP contribution in [0.4, 0.5) is 0 Å². The summed E-state index contributed by atoms with van der Waals surface area (Å²) in [6.07, 6.45) is 3.80. The van der Waals surface area contributed by atoms with Gasteiger partial charge in [0.2, 0.25) is 0 Å². The number of aryl methyl sites for hydroxylation is 3. The topological polar surface area (TPSA) is 85.7 Å². The average molecular weight is 565 g/mol. The summed E-state index contributed by atoms with van der Waals surface area (Å²) >= 11 is 3.06. The number of pyridine rings is 2. The first-order valence-electron chi connectivity index (χ1n) is 13.1. The Bertz CT molecular complexity index is 1740. The van der Waals surface area contributed by atoms with Crippen LogP contribution in [-0.2, 0) is 12.8 Å². The molecule has 0 fully saturated rings. The second kappa shape index (κ2) is 11.6. The molecule has 2 aliphatic rings. The molecule has 0 aliphatic heterocycles. The van der Waals surface area contributed by atoms with E-state index < -0.39 is 0 Å². The van der Waals surface area contributed by atoms with Gasteiger partial charge in [0.15, 0.2) is 21.6 Å². The lowest BCUT2D eigenvalue weighted by molar-refractivity contribution is 0.0909. The van der Waals surface area contributed by atoms with Gasteiger partial charge in [0, 0.05) is 46.1 Å². The van der Waals surface area contributed by atoms with Crippen LogP contribution in [0.25, 0.3) is 0 Å². The highest BCUT2D eigenvalue weighted by molar-refractivity contribution is 7.10. The lowest BCUT2D eigenvalue weighted by Gasteiger charge is -2.29. The van der Waals surface area contributed by atoms with Crippen LogP contribution in [0.2, 0.25) is 0 Å². The van der Waals surface area contributed by atoms with E-state index in [1.54, 1.807) is 0 Å². The molecular weight excluding hydrogens is 537 g/mol. The van der Waals surface area contributed by atoms with Gasteiger partial charge < -0.3 is 0 Å². The lowest BCUT2D eigenvalue weighted by atomic mass is 9.75. The Labute approximate surface area is 242 Å². The van der Waals surface area contributed by atoms with E-state index in [2.05, 4.69) is 57.5 Å². The van der Waals surface area contributed by atoms with Crippen LogP contribution in [-0.4, -0.2) is 31.5 Å². The van der Waals surface area contributed by atoms with E-state index in [9.17, 15) is 9.59 Å². The number of hydrogen-bond acceptors (Lipinski definition) is 8. The van der Waals surface area contributed by atoms with Crippen LogP contribution in [0.1, 0.15) is 98.0 Å². The van der Waals surface area contributed by atoms with Crippen LogP contribution in [0.3, 0.4) is 0 Å². The zero-order chi connectivity index (χ0) is 28.3. The van der Waals surface area contributed by atoms with E-state index in [1.165, 1.54) is 22.7 Å². The summed E-state index contributed by atoms with van der Waals surface area (Å²) in [4.78, 5) is 41.4. The highest BCUT2D eigenvalue weighted by Gasteiger charge is 2.31. The Morgan fingerprint density at radius 3 is 1.77 bits per heavy atom. The Morgan fingerprint density at radius 2 is 1.23 bits per heavy atom. The molecule has 6 nitrogen and oxygen atoms in total. The molecule has 0 unspecified atom stereocenters. The van der Waals surface area contributed by atoms with Gasteiger partial charge in [-0.25, -0.2) is 19.9 Å². The normalized spacial score (nSPS) is 14.9. The van der Waals surface area contributed by atoms with E-state index in [1.807, 2.05) is 48.9 Å². The number of nitrogens with zero attached hydrogens (tertiary/aromatic N) is 4. The van der Waals surface area contributed by atoms with Gasteiger partial charge in [-0.15, -0.1) is 22.7 Å². The first-order valence-corrected chi connectivity index (χ1v) is 14.9. The number of rotatable bonds is 0. The fourth-order valence-corrected chi connectivity index (χ4v) is 5.91. The molecule has 8 heteroatoms. The van der Waals surface area contributed by atoms with Crippen molar-refractivity contribution in [2.24, 2.45) is 5.41 Å². The highest BCUT2D eigenvalue weighted by Crippen LogP contribution is 2.33. The van der Waals surface area contributed by atoms with Crippen molar-refractivity contribution in [1.29, 1.82) is 0 Å². The van der Waals surface area contributed by atoms with Crippen molar-refractivity contribution < 1.29 is 9.59 Å². The minimum absolute atomic E-state index is 0.0183. The molecule has 4 aromatic rings. The minimum atomic E-state index is -0.0183. The quantitative estimate of drug-likeness (QED) is 0.238. The van der Waals surface area contributed by atoms with Crippen LogP contribution in [0.5, 0.6) is 0 Å². The molecular formula is C32H28N4O2S2. The van der Waals surface area contributed by atoms with Crippen molar-refractivity contribution in [1.82, 2.24) is 19.9 Å². The molecule has 0 N–H and O–H groups in total. The van der Waals surface area contributed by atoms with Gasteiger partial charge in [-0.3, -0.25) is 9.59 Å². The zero-order valence-corrected chi connectivity index (χ0v) is 24.6. The first kappa shape index (κ1) is 27.6. The zero-order valence-electron chi connectivity index (χ0n) is 22.9. The molecule has 40 heavy (non-hydrogen) atoms.